The summed E-state index contributed by atoms with van der Waals surface area (Å²) in [4.78, 5) is 0. The Kier molecular flexibility index (Phi) is 2.47. The minimum atomic E-state index is 1.03. The van der Waals surface area contributed by atoms with Crippen LogP contribution in [0.4, 0.5) is 0 Å². The third-order valence-electron chi connectivity index (χ3n) is 3.30. The van der Waals surface area contributed by atoms with Crippen molar-refractivity contribution in [3.8, 4) is 0 Å². The van der Waals surface area contributed by atoms with E-state index in [9.17, 15) is 0 Å². The van der Waals surface area contributed by atoms with E-state index in [1.165, 1.54) is 51.6 Å². The lowest BCUT2D eigenvalue weighted by molar-refractivity contribution is 0.397. The minimum Gasteiger partial charge on any atom is -0.316 e. The number of nitrogens with one attached hydrogen (secondary N) is 1. The van der Waals surface area contributed by atoms with Gasteiger partial charge >= 0.3 is 0 Å². The van der Waals surface area contributed by atoms with Crippen LogP contribution < -0.4 is 5.32 Å². The van der Waals surface area contributed by atoms with E-state index in [0.29, 0.717) is 0 Å². The van der Waals surface area contributed by atoms with Crippen molar-refractivity contribution in [2.75, 3.05) is 13.1 Å². The molecule has 1 unspecified atom stereocenters. The Morgan fingerprint density at radius 3 is 2.45 bits per heavy atom. The van der Waals surface area contributed by atoms with Gasteiger partial charge in [0.25, 0.3) is 0 Å². The fraction of sp³-hybridized carbons (Fsp3) is 1.00. The van der Waals surface area contributed by atoms with Crippen LogP contribution in [0, 0.1) is 11.8 Å². The van der Waals surface area contributed by atoms with E-state index in [-0.39, 0.29) is 0 Å². The zero-order valence-corrected chi connectivity index (χ0v) is 7.31. The second kappa shape index (κ2) is 3.57. The quantitative estimate of drug-likeness (QED) is 0.641. The maximum Gasteiger partial charge on any atom is -0.00199 e. The molecule has 1 N–H and O–H groups in total. The second-order valence-electron chi connectivity index (χ2n) is 4.25. The SMILES string of the molecule is C1CCC(CC2CCNC2)C1. The molecule has 2 aliphatic rings. The molecule has 1 saturated heterocycles. The van der Waals surface area contributed by atoms with E-state index < -0.39 is 0 Å². The van der Waals surface area contributed by atoms with Gasteiger partial charge in [0.05, 0.1) is 0 Å². The molecule has 1 nitrogen and oxygen atoms in total. The van der Waals surface area contributed by atoms with Crippen molar-refractivity contribution in [3.63, 3.8) is 0 Å². The summed E-state index contributed by atoms with van der Waals surface area (Å²) in [5.74, 6) is 2.12. The van der Waals surface area contributed by atoms with Gasteiger partial charge in [-0.3, -0.25) is 0 Å². The fourth-order valence-electron chi connectivity index (χ4n) is 2.63. The summed E-state index contributed by atoms with van der Waals surface area (Å²) in [6.07, 6.45) is 9.02. The van der Waals surface area contributed by atoms with E-state index in [2.05, 4.69) is 5.32 Å². The van der Waals surface area contributed by atoms with E-state index in [1.807, 2.05) is 0 Å². The minimum absolute atomic E-state index is 1.03. The number of hydrogen-bond donors (Lipinski definition) is 1. The van der Waals surface area contributed by atoms with Gasteiger partial charge in [-0.1, -0.05) is 25.7 Å². The molecule has 1 heterocycles. The number of rotatable bonds is 2. The molecule has 64 valence electrons. The fourth-order valence-corrected chi connectivity index (χ4v) is 2.63. The monoisotopic (exact) mass is 153 g/mol. The van der Waals surface area contributed by atoms with Crippen LogP contribution in [0.2, 0.25) is 0 Å². The van der Waals surface area contributed by atoms with Gasteiger partial charge in [-0.2, -0.15) is 0 Å². The van der Waals surface area contributed by atoms with Crippen molar-refractivity contribution in [2.45, 2.75) is 38.5 Å². The Hall–Kier alpha value is -0.0400. The topological polar surface area (TPSA) is 12.0 Å². The molecule has 0 aromatic carbocycles. The highest BCUT2D eigenvalue weighted by Crippen LogP contribution is 2.31. The lowest BCUT2D eigenvalue weighted by Gasteiger charge is -2.13. The lowest BCUT2D eigenvalue weighted by atomic mass is 9.93. The molecule has 11 heavy (non-hydrogen) atoms. The summed E-state index contributed by atoms with van der Waals surface area (Å²) in [6.45, 7) is 2.58. The molecule has 1 saturated carbocycles. The lowest BCUT2D eigenvalue weighted by Crippen LogP contribution is -2.11. The molecule has 1 aliphatic carbocycles. The van der Waals surface area contributed by atoms with E-state index in [0.717, 1.165) is 11.8 Å². The molecule has 0 amide bonds. The largest absolute Gasteiger partial charge is 0.316 e. The Labute approximate surface area is 69.6 Å². The normalized spacial score (nSPS) is 33.3. The van der Waals surface area contributed by atoms with Crippen molar-refractivity contribution < 1.29 is 0 Å². The molecule has 2 fully saturated rings. The Bertz CT molecular complexity index is 96.0. The van der Waals surface area contributed by atoms with Crippen LogP contribution in [0.25, 0.3) is 0 Å². The van der Waals surface area contributed by atoms with Gasteiger partial charge in [-0.05, 0) is 37.8 Å². The average molecular weight is 153 g/mol. The molecule has 0 bridgehead atoms. The second-order valence-corrected chi connectivity index (χ2v) is 4.25. The molecule has 0 radical (unpaired) electrons. The van der Waals surface area contributed by atoms with Crippen molar-refractivity contribution in [1.29, 1.82) is 0 Å². The summed E-state index contributed by atoms with van der Waals surface area (Å²) >= 11 is 0. The van der Waals surface area contributed by atoms with Crippen LogP contribution in [0.5, 0.6) is 0 Å². The van der Waals surface area contributed by atoms with E-state index >= 15 is 0 Å². The first kappa shape index (κ1) is 7.60. The molecule has 0 spiro atoms. The van der Waals surface area contributed by atoms with Crippen LogP contribution in [-0.4, -0.2) is 13.1 Å². The van der Waals surface area contributed by atoms with Gasteiger partial charge in [-0.25, -0.2) is 0 Å². The van der Waals surface area contributed by atoms with Gasteiger partial charge in [-0.15, -0.1) is 0 Å². The highest BCUT2D eigenvalue weighted by atomic mass is 14.9. The average Bonchev–Trinajstić information content (AvgIpc) is 2.60. The smallest absolute Gasteiger partial charge is 0.00199 e. The highest BCUT2D eigenvalue weighted by Gasteiger charge is 2.21. The standard InChI is InChI=1S/C10H19N/c1-2-4-9(3-1)7-10-5-6-11-8-10/h9-11H,1-8H2. The van der Waals surface area contributed by atoms with Crippen molar-refractivity contribution in [3.05, 3.63) is 0 Å². The van der Waals surface area contributed by atoms with Crippen LogP contribution in [0.15, 0.2) is 0 Å². The van der Waals surface area contributed by atoms with Gasteiger partial charge in [0, 0.05) is 0 Å². The van der Waals surface area contributed by atoms with Gasteiger partial charge in [0.1, 0.15) is 0 Å². The molecule has 2 rings (SSSR count). The zero-order valence-electron chi connectivity index (χ0n) is 7.31. The Balaban J connectivity index is 1.71. The molecular weight excluding hydrogens is 134 g/mol. The Morgan fingerprint density at radius 2 is 1.82 bits per heavy atom. The van der Waals surface area contributed by atoms with Crippen LogP contribution >= 0.6 is 0 Å². The number of hydrogen-bond acceptors (Lipinski definition) is 1. The summed E-state index contributed by atoms with van der Waals surface area (Å²) in [7, 11) is 0. The molecule has 1 heteroatoms. The maximum atomic E-state index is 3.45. The first-order valence-electron chi connectivity index (χ1n) is 5.16. The first-order valence-corrected chi connectivity index (χ1v) is 5.16. The van der Waals surface area contributed by atoms with Crippen LogP contribution in [0.3, 0.4) is 0 Å². The third kappa shape index (κ3) is 1.96. The maximum absolute atomic E-state index is 3.45. The Morgan fingerprint density at radius 1 is 1.00 bits per heavy atom. The first-order chi connectivity index (χ1) is 5.45. The van der Waals surface area contributed by atoms with Gasteiger partial charge in [0.2, 0.25) is 0 Å². The predicted octanol–water partition coefficient (Wildman–Crippen LogP) is 2.18. The predicted molar refractivity (Wildman–Crippen MR) is 47.6 cm³/mol. The molecule has 0 aromatic heterocycles. The summed E-state index contributed by atoms with van der Waals surface area (Å²) < 4.78 is 0. The molecular formula is C10H19N. The molecule has 1 atom stereocenters. The molecule has 0 aromatic rings. The summed E-state index contributed by atoms with van der Waals surface area (Å²) in [6, 6.07) is 0. The van der Waals surface area contributed by atoms with Crippen LogP contribution in [-0.2, 0) is 0 Å². The molecule has 1 aliphatic heterocycles. The highest BCUT2D eigenvalue weighted by molar-refractivity contribution is 4.76. The summed E-state index contributed by atoms with van der Waals surface area (Å²) in [5.41, 5.74) is 0. The zero-order chi connectivity index (χ0) is 7.52. The van der Waals surface area contributed by atoms with E-state index in [1.54, 1.807) is 0 Å². The van der Waals surface area contributed by atoms with Crippen molar-refractivity contribution >= 4 is 0 Å². The van der Waals surface area contributed by atoms with Gasteiger partial charge in [0.15, 0.2) is 0 Å². The van der Waals surface area contributed by atoms with E-state index in [4.69, 9.17) is 0 Å². The third-order valence-corrected chi connectivity index (χ3v) is 3.30. The van der Waals surface area contributed by atoms with Crippen molar-refractivity contribution in [1.82, 2.24) is 5.32 Å². The van der Waals surface area contributed by atoms with Gasteiger partial charge < -0.3 is 5.32 Å². The van der Waals surface area contributed by atoms with Crippen molar-refractivity contribution in [2.24, 2.45) is 11.8 Å². The summed E-state index contributed by atoms with van der Waals surface area (Å²) in [5, 5.41) is 3.45. The van der Waals surface area contributed by atoms with Crippen LogP contribution in [0.1, 0.15) is 38.5 Å².